The molecule has 1 amide bonds. The summed E-state index contributed by atoms with van der Waals surface area (Å²) in [6, 6.07) is -0.571. The number of hydrogen-bond donors (Lipinski definition) is 1. The second kappa shape index (κ2) is 7.23. The van der Waals surface area contributed by atoms with E-state index in [0.717, 1.165) is 18.4 Å². The highest BCUT2D eigenvalue weighted by molar-refractivity contribution is 7.89. The molecule has 22 heavy (non-hydrogen) atoms. The van der Waals surface area contributed by atoms with E-state index in [1.54, 1.807) is 10.9 Å². The third kappa shape index (κ3) is 4.07. The van der Waals surface area contributed by atoms with Gasteiger partial charge in [-0.25, -0.2) is 8.42 Å². The van der Waals surface area contributed by atoms with E-state index in [4.69, 9.17) is 0 Å². The van der Waals surface area contributed by atoms with Crippen molar-refractivity contribution in [1.29, 1.82) is 0 Å². The molecule has 1 N–H and O–H groups in total. The molecular formula is C14H24N4O3S. The Balaban J connectivity index is 1.96. The molecule has 1 aromatic heterocycles. The average Bonchev–Trinajstić information content (AvgIpc) is 3.11. The molecule has 2 rings (SSSR count). The molecule has 0 aliphatic carbocycles. The molecule has 1 aliphatic heterocycles. The molecule has 124 valence electrons. The molecule has 1 aliphatic rings. The molecule has 1 fully saturated rings. The molecule has 2 heterocycles. The number of sulfonamides is 1. The highest BCUT2D eigenvalue weighted by Gasteiger charge is 2.37. The van der Waals surface area contributed by atoms with E-state index in [2.05, 4.69) is 10.4 Å². The first-order chi connectivity index (χ1) is 10.4. The molecule has 7 nitrogen and oxygen atoms in total. The SMILES string of the molecule is CCCCS(=O)(=O)N1CCCC1C(=O)NCc1cnn(C)c1. The van der Waals surface area contributed by atoms with Crippen LogP contribution in [0.5, 0.6) is 0 Å². The summed E-state index contributed by atoms with van der Waals surface area (Å²) in [6.07, 6.45) is 6.28. The van der Waals surface area contributed by atoms with Gasteiger partial charge >= 0.3 is 0 Å². The minimum atomic E-state index is -3.34. The Kier molecular flexibility index (Phi) is 5.57. The number of aromatic nitrogens is 2. The lowest BCUT2D eigenvalue weighted by Crippen LogP contribution is -2.46. The maximum Gasteiger partial charge on any atom is 0.238 e. The normalized spacial score (nSPS) is 19.5. The number of rotatable bonds is 7. The summed E-state index contributed by atoms with van der Waals surface area (Å²) in [5.74, 6) is -0.1000. The van der Waals surface area contributed by atoms with Crippen LogP contribution in [0.1, 0.15) is 38.2 Å². The van der Waals surface area contributed by atoms with E-state index in [1.165, 1.54) is 4.31 Å². The van der Waals surface area contributed by atoms with Gasteiger partial charge in [0.15, 0.2) is 0 Å². The molecule has 1 aromatic rings. The summed E-state index contributed by atoms with van der Waals surface area (Å²) < 4.78 is 27.7. The number of amides is 1. The third-order valence-electron chi connectivity index (χ3n) is 3.84. The molecule has 1 saturated heterocycles. The van der Waals surface area contributed by atoms with Crippen molar-refractivity contribution in [1.82, 2.24) is 19.4 Å². The second-order valence-corrected chi connectivity index (χ2v) is 7.72. The fourth-order valence-electron chi connectivity index (χ4n) is 2.65. The van der Waals surface area contributed by atoms with E-state index in [1.807, 2.05) is 20.2 Å². The molecule has 0 aromatic carbocycles. The maximum absolute atomic E-state index is 12.3. The molecule has 0 radical (unpaired) electrons. The Bertz CT molecular complexity index is 611. The summed E-state index contributed by atoms with van der Waals surface area (Å²) in [5, 5.41) is 6.85. The first kappa shape index (κ1) is 17.0. The number of nitrogens with one attached hydrogen (secondary N) is 1. The molecule has 1 unspecified atom stereocenters. The van der Waals surface area contributed by atoms with Crippen LogP contribution in [-0.2, 0) is 28.4 Å². The van der Waals surface area contributed by atoms with E-state index in [0.29, 0.717) is 25.9 Å². The van der Waals surface area contributed by atoms with Crippen LogP contribution in [0.15, 0.2) is 12.4 Å². The van der Waals surface area contributed by atoms with Crippen LogP contribution in [0.2, 0.25) is 0 Å². The van der Waals surface area contributed by atoms with Crippen LogP contribution in [0, 0.1) is 0 Å². The number of unbranched alkanes of at least 4 members (excludes halogenated alkanes) is 1. The number of aryl methyl sites for hydroxylation is 1. The topological polar surface area (TPSA) is 84.3 Å². The fourth-order valence-corrected chi connectivity index (χ4v) is 4.53. The first-order valence-corrected chi connectivity index (χ1v) is 9.29. The zero-order chi connectivity index (χ0) is 16.2. The fraction of sp³-hybridized carbons (Fsp3) is 0.714. The van der Waals surface area contributed by atoms with Gasteiger partial charge in [0.2, 0.25) is 15.9 Å². The lowest BCUT2D eigenvalue weighted by atomic mass is 10.2. The lowest BCUT2D eigenvalue weighted by molar-refractivity contribution is -0.124. The molecule has 8 heteroatoms. The molecular weight excluding hydrogens is 304 g/mol. The standard InChI is InChI=1S/C14H24N4O3S/c1-3-4-8-22(20,21)18-7-5-6-13(18)14(19)15-9-12-10-16-17(2)11-12/h10-11,13H,3-9H2,1-2H3,(H,15,19). The summed E-state index contributed by atoms with van der Waals surface area (Å²) in [6.45, 7) is 2.76. The van der Waals surface area contributed by atoms with Crippen molar-refractivity contribution in [2.75, 3.05) is 12.3 Å². The van der Waals surface area contributed by atoms with Crippen LogP contribution in [0.3, 0.4) is 0 Å². The van der Waals surface area contributed by atoms with Gasteiger partial charge in [-0.2, -0.15) is 9.40 Å². The molecule has 1 atom stereocenters. The van der Waals surface area contributed by atoms with E-state index < -0.39 is 16.1 Å². The summed E-state index contributed by atoms with van der Waals surface area (Å²) in [7, 11) is -1.53. The van der Waals surface area contributed by atoms with Crippen LogP contribution in [-0.4, -0.2) is 46.8 Å². The summed E-state index contributed by atoms with van der Waals surface area (Å²) in [4.78, 5) is 12.3. The quantitative estimate of drug-likeness (QED) is 0.796. The highest BCUT2D eigenvalue weighted by atomic mass is 32.2. The van der Waals surface area contributed by atoms with Gasteiger partial charge in [-0.05, 0) is 19.3 Å². The molecule has 0 saturated carbocycles. The second-order valence-electron chi connectivity index (χ2n) is 5.68. The Morgan fingerprint density at radius 2 is 2.27 bits per heavy atom. The largest absolute Gasteiger partial charge is 0.351 e. The Hall–Kier alpha value is -1.41. The first-order valence-electron chi connectivity index (χ1n) is 7.69. The van der Waals surface area contributed by atoms with Gasteiger partial charge in [0.25, 0.3) is 0 Å². The minimum Gasteiger partial charge on any atom is -0.351 e. The number of nitrogens with zero attached hydrogens (tertiary/aromatic N) is 3. The van der Waals surface area contributed by atoms with Crippen molar-refractivity contribution in [3.8, 4) is 0 Å². The van der Waals surface area contributed by atoms with Gasteiger partial charge in [-0.1, -0.05) is 13.3 Å². The zero-order valence-electron chi connectivity index (χ0n) is 13.2. The monoisotopic (exact) mass is 328 g/mol. The van der Waals surface area contributed by atoms with Crippen molar-refractivity contribution in [3.63, 3.8) is 0 Å². The van der Waals surface area contributed by atoms with Crippen LogP contribution in [0.4, 0.5) is 0 Å². The lowest BCUT2D eigenvalue weighted by Gasteiger charge is -2.23. The van der Waals surface area contributed by atoms with Gasteiger partial charge in [-0.15, -0.1) is 0 Å². The zero-order valence-corrected chi connectivity index (χ0v) is 14.0. The minimum absolute atomic E-state index is 0.121. The molecule has 0 spiro atoms. The van der Waals surface area contributed by atoms with Gasteiger partial charge in [0.05, 0.1) is 11.9 Å². The predicted octanol–water partition coefficient (Wildman–Crippen LogP) is 0.631. The van der Waals surface area contributed by atoms with Gasteiger partial charge in [-0.3, -0.25) is 9.48 Å². The van der Waals surface area contributed by atoms with E-state index >= 15 is 0 Å². The third-order valence-corrected chi connectivity index (χ3v) is 5.80. The Morgan fingerprint density at radius 3 is 2.91 bits per heavy atom. The van der Waals surface area contributed by atoms with Gasteiger partial charge in [0.1, 0.15) is 6.04 Å². The number of carbonyl (C=O) groups is 1. The van der Waals surface area contributed by atoms with E-state index in [-0.39, 0.29) is 11.7 Å². The summed E-state index contributed by atoms with van der Waals surface area (Å²) in [5.41, 5.74) is 0.897. The van der Waals surface area contributed by atoms with Crippen molar-refractivity contribution < 1.29 is 13.2 Å². The van der Waals surface area contributed by atoms with Crippen molar-refractivity contribution in [2.24, 2.45) is 7.05 Å². The average molecular weight is 328 g/mol. The van der Waals surface area contributed by atoms with Crippen molar-refractivity contribution in [2.45, 2.75) is 45.2 Å². The number of carbonyl (C=O) groups excluding carboxylic acids is 1. The van der Waals surface area contributed by atoms with Gasteiger partial charge < -0.3 is 5.32 Å². The smallest absolute Gasteiger partial charge is 0.238 e. The highest BCUT2D eigenvalue weighted by Crippen LogP contribution is 2.22. The Morgan fingerprint density at radius 1 is 1.50 bits per heavy atom. The van der Waals surface area contributed by atoms with E-state index in [9.17, 15) is 13.2 Å². The number of hydrogen-bond acceptors (Lipinski definition) is 4. The van der Waals surface area contributed by atoms with Crippen molar-refractivity contribution in [3.05, 3.63) is 18.0 Å². The van der Waals surface area contributed by atoms with Crippen LogP contribution < -0.4 is 5.32 Å². The van der Waals surface area contributed by atoms with Crippen molar-refractivity contribution >= 4 is 15.9 Å². The van der Waals surface area contributed by atoms with Crippen LogP contribution >= 0.6 is 0 Å². The predicted molar refractivity (Wildman–Crippen MR) is 83.5 cm³/mol. The van der Waals surface area contributed by atoms with Crippen LogP contribution in [0.25, 0.3) is 0 Å². The summed E-state index contributed by atoms with van der Waals surface area (Å²) >= 11 is 0. The van der Waals surface area contributed by atoms with Gasteiger partial charge in [0, 0.05) is 31.9 Å². The maximum atomic E-state index is 12.3. The Labute approximate surface area is 131 Å². The molecule has 0 bridgehead atoms.